The summed E-state index contributed by atoms with van der Waals surface area (Å²) in [5.41, 5.74) is 4.08. The van der Waals surface area contributed by atoms with Crippen LogP contribution in [0.5, 0.6) is 5.75 Å². The van der Waals surface area contributed by atoms with Gasteiger partial charge in [0, 0.05) is 17.5 Å². The molecule has 6 heteroatoms. The number of halogens is 1. The van der Waals surface area contributed by atoms with Crippen molar-refractivity contribution in [3.05, 3.63) is 47.8 Å². The Hall–Kier alpha value is -1.72. The molecule has 1 aromatic carbocycles. The van der Waals surface area contributed by atoms with E-state index in [4.69, 9.17) is 16.3 Å². The number of imidazole rings is 1. The molecular formula is C16H16ClN3OS. The van der Waals surface area contributed by atoms with Crippen molar-refractivity contribution in [1.82, 2.24) is 15.0 Å². The predicted octanol–water partition coefficient (Wildman–Crippen LogP) is 4.18. The van der Waals surface area contributed by atoms with Gasteiger partial charge in [0.15, 0.2) is 5.16 Å². The maximum atomic E-state index is 5.67. The molecule has 0 radical (unpaired) electrons. The molecule has 0 bridgehead atoms. The Kier molecular flexibility index (Phi) is 4.85. The Morgan fingerprint density at radius 1 is 1.27 bits per heavy atom. The molecule has 0 aliphatic heterocycles. The molecule has 2 aromatic heterocycles. The number of para-hydroxylation sites is 2. The van der Waals surface area contributed by atoms with E-state index in [9.17, 15) is 0 Å². The molecule has 22 heavy (non-hydrogen) atoms. The van der Waals surface area contributed by atoms with Crippen molar-refractivity contribution < 1.29 is 4.74 Å². The molecule has 0 fully saturated rings. The van der Waals surface area contributed by atoms with E-state index in [-0.39, 0.29) is 0 Å². The second-order valence-electron chi connectivity index (χ2n) is 4.77. The number of alkyl halides is 1. The first kappa shape index (κ1) is 15.2. The van der Waals surface area contributed by atoms with Gasteiger partial charge in [0.2, 0.25) is 0 Å². The summed E-state index contributed by atoms with van der Waals surface area (Å²) < 4.78 is 5.62. The van der Waals surface area contributed by atoms with Crippen LogP contribution in [0.2, 0.25) is 0 Å². The van der Waals surface area contributed by atoms with Crippen LogP contribution in [0.25, 0.3) is 11.0 Å². The first-order valence-electron chi connectivity index (χ1n) is 6.98. The normalized spacial score (nSPS) is 11.0. The molecule has 0 unspecified atom stereocenters. The Morgan fingerprint density at radius 2 is 2.14 bits per heavy atom. The van der Waals surface area contributed by atoms with Crippen LogP contribution in [0.1, 0.15) is 11.3 Å². The van der Waals surface area contributed by atoms with Crippen LogP contribution in [0.15, 0.2) is 41.7 Å². The fraction of sp³-hybridized carbons (Fsp3) is 0.250. The molecule has 3 aromatic rings. The van der Waals surface area contributed by atoms with Gasteiger partial charge in [-0.15, -0.1) is 11.6 Å². The minimum absolute atomic E-state index is 0.477. The van der Waals surface area contributed by atoms with Gasteiger partial charge in [0.05, 0.1) is 22.6 Å². The highest BCUT2D eigenvalue weighted by molar-refractivity contribution is 7.98. The van der Waals surface area contributed by atoms with Crippen LogP contribution < -0.4 is 4.74 Å². The van der Waals surface area contributed by atoms with Gasteiger partial charge in [0.25, 0.3) is 0 Å². The van der Waals surface area contributed by atoms with Gasteiger partial charge >= 0.3 is 0 Å². The van der Waals surface area contributed by atoms with Gasteiger partial charge in [-0.3, -0.25) is 4.98 Å². The number of nitrogens with zero attached hydrogens (tertiary/aromatic N) is 2. The van der Waals surface area contributed by atoms with Gasteiger partial charge < -0.3 is 9.72 Å². The molecule has 3 rings (SSSR count). The van der Waals surface area contributed by atoms with E-state index in [1.54, 1.807) is 18.0 Å². The Bertz CT molecular complexity index is 742. The third-order valence-electron chi connectivity index (χ3n) is 3.31. The molecule has 0 spiro atoms. The van der Waals surface area contributed by atoms with Crippen molar-refractivity contribution in [2.45, 2.75) is 17.8 Å². The van der Waals surface area contributed by atoms with Crippen LogP contribution in [-0.4, -0.2) is 27.4 Å². The SMILES string of the molecule is Cc1c(OCCCl)ccnc1CSc1nc2ccccc2[nH]1. The van der Waals surface area contributed by atoms with E-state index in [0.717, 1.165) is 38.9 Å². The average molecular weight is 334 g/mol. The summed E-state index contributed by atoms with van der Waals surface area (Å²) in [5, 5.41) is 0.898. The van der Waals surface area contributed by atoms with Gasteiger partial charge in [-0.2, -0.15) is 0 Å². The molecule has 4 nitrogen and oxygen atoms in total. The zero-order valence-electron chi connectivity index (χ0n) is 12.2. The van der Waals surface area contributed by atoms with Crippen LogP contribution in [0.3, 0.4) is 0 Å². The van der Waals surface area contributed by atoms with Crippen LogP contribution in [0.4, 0.5) is 0 Å². The Morgan fingerprint density at radius 3 is 2.95 bits per heavy atom. The predicted molar refractivity (Wildman–Crippen MR) is 90.8 cm³/mol. The zero-order valence-corrected chi connectivity index (χ0v) is 13.7. The number of fused-ring (bicyclic) bond motifs is 1. The summed E-state index contributed by atoms with van der Waals surface area (Å²) in [4.78, 5) is 12.3. The summed E-state index contributed by atoms with van der Waals surface area (Å²) >= 11 is 7.30. The van der Waals surface area contributed by atoms with Crippen molar-refractivity contribution >= 4 is 34.4 Å². The zero-order chi connectivity index (χ0) is 15.4. The van der Waals surface area contributed by atoms with E-state index in [1.165, 1.54) is 0 Å². The van der Waals surface area contributed by atoms with Crippen molar-refractivity contribution in [3.8, 4) is 5.75 Å². The second kappa shape index (κ2) is 7.03. The lowest BCUT2D eigenvalue weighted by molar-refractivity contribution is 0.339. The molecule has 2 heterocycles. The van der Waals surface area contributed by atoms with E-state index in [2.05, 4.69) is 15.0 Å². The highest BCUT2D eigenvalue weighted by Gasteiger charge is 2.09. The monoisotopic (exact) mass is 333 g/mol. The van der Waals surface area contributed by atoms with Crippen LogP contribution in [0, 0.1) is 6.92 Å². The smallest absolute Gasteiger partial charge is 0.166 e. The van der Waals surface area contributed by atoms with E-state index in [1.807, 2.05) is 37.3 Å². The molecule has 0 aliphatic rings. The van der Waals surface area contributed by atoms with Crippen molar-refractivity contribution in [2.75, 3.05) is 12.5 Å². The third-order valence-corrected chi connectivity index (χ3v) is 4.35. The number of aromatic amines is 1. The lowest BCUT2D eigenvalue weighted by Gasteiger charge is -2.10. The lowest BCUT2D eigenvalue weighted by Crippen LogP contribution is -2.02. The molecule has 0 amide bonds. The average Bonchev–Trinajstić information content (AvgIpc) is 2.95. The molecule has 0 saturated heterocycles. The fourth-order valence-corrected chi connectivity index (χ4v) is 3.13. The summed E-state index contributed by atoms with van der Waals surface area (Å²) in [5.74, 6) is 2.06. The van der Waals surface area contributed by atoms with Crippen LogP contribution >= 0.6 is 23.4 Å². The standard InChI is InChI=1S/C16H16ClN3OS/c1-11-14(18-8-6-15(11)21-9-7-17)10-22-16-19-12-4-2-3-5-13(12)20-16/h2-6,8H,7,9-10H2,1H3,(H,19,20). The fourth-order valence-electron chi connectivity index (χ4n) is 2.14. The summed E-state index contributed by atoms with van der Waals surface area (Å²) in [7, 11) is 0. The molecule has 0 atom stereocenters. The summed E-state index contributed by atoms with van der Waals surface area (Å²) in [6.07, 6.45) is 1.77. The van der Waals surface area contributed by atoms with Gasteiger partial charge in [-0.05, 0) is 25.1 Å². The minimum Gasteiger partial charge on any atom is -0.492 e. The van der Waals surface area contributed by atoms with Crippen molar-refractivity contribution in [2.24, 2.45) is 0 Å². The number of pyridine rings is 1. The highest BCUT2D eigenvalue weighted by atomic mass is 35.5. The summed E-state index contributed by atoms with van der Waals surface area (Å²) in [6.45, 7) is 2.52. The summed E-state index contributed by atoms with van der Waals surface area (Å²) in [6, 6.07) is 9.88. The Labute approximate surface area is 138 Å². The van der Waals surface area contributed by atoms with E-state index >= 15 is 0 Å². The molecule has 114 valence electrons. The maximum Gasteiger partial charge on any atom is 0.166 e. The first-order chi connectivity index (χ1) is 10.8. The molecule has 0 aliphatic carbocycles. The first-order valence-corrected chi connectivity index (χ1v) is 8.50. The molecule has 0 saturated carbocycles. The van der Waals surface area contributed by atoms with Gasteiger partial charge in [-0.1, -0.05) is 23.9 Å². The van der Waals surface area contributed by atoms with E-state index < -0.39 is 0 Å². The largest absolute Gasteiger partial charge is 0.492 e. The van der Waals surface area contributed by atoms with Crippen molar-refractivity contribution in [1.29, 1.82) is 0 Å². The van der Waals surface area contributed by atoms with E-state index in [0.29, 0.717) is 12.5 Å². The number of ether oxygens (including phenoxy) is 1. The van der Waals surface area contributed by atoms with Crippen molar-refractivity contribution in [3.63, 3.8) is 0 Å². The van der Waals surface area contributed by atoms with Crippen LogP contribution in [-0.2, 0) is 5.75 Å². The molecule has 1 N–H and O–H groups in total. The topological polar surface area (TPSA) is 50.8 Å². The Balaban J connectivity index is 1.73. The number of hydrogen-bond acceptors (Lipinski definition) is 4. The maximum absolute atomic E-state index is 5.67. The number of aromatic nitrogens is 3. The van der Waals surface area contributed by atoms with Gasteiger partial charge in [0.1, 0.15) is 12.4 Å². The number of nitrogens with one attached hydrogen (secondary N) is 1. The number of hydrogen-bond donors (Lipinski definition) is 1. The number of H-pyrrole nitrogens is 1. The lowest BCUT2D eigenvalue weighted by atomic mass is 10.2. The minimum atomic E-state index is 0.477. The number of thioether (sulfide) groups is 1. The molecular weight excluding hydrogens is 318 g/mol. The third kappa shape index (κ3) is 3.36. The number of benzene rings is 1. The second-order valence-corrected chi connectivity index (χ2v) is 6.11. The van der Waals surface area contributed by atoms with Gasteiger partial charge in [-0.25, -0.2) is 4.98 Å². The number of rotatable bonds is 6. The highest BCUT2D eigenvalue weighted by Crippen LogP contribution is 2.26. The quantitative estimate of drug-likeness (QED) is 0.543.